The summed E-state index contributed by atoms with van der Waals surface area (Å²) in [5.41, 5.74) is 15.8. The van der Waals surface area contributed by atoms with Crippen LogP contribution in [0.5, 0.6) is 0 Å². The van der Waals surface area contributed by atoms with Gasteiger partial charge in [-0.15, -0.1) is 0 Å². The Hall–Kier alpha value is -2.33. The van der Waals surface area contributed by atoms with Crippen LogP contribution in [-0.4, -0.2) is 5.91 Å². The Kier molecular flexibility index (Phi) is 2.72. The lowest BCUT2D eigenvalue weighted by Gasteiger charge is -2.18. The first kappa shape index (κ1) is 11.7. The molecule has 0 fully saturated rings. The summed E-state index contributed by atoms with van der Waals surface area (Å²) in [6, 6.07) is 13.3. The van der Waals surface area contributed by atoms with E-state index >= 15 is 0 Å². The number of nitrogen functional groups attached to an aromatic ring is 1. The Bertz CT molecular complexity index is 634. The number of nitrogens with zero attached hydrogens (tertiary/aromatic N) is 1. The molecule has 4 nitrogen and oxygen atoms in total. The molecular formula is C15H15N3O. The SMILES string of the molecule is NCc1ccc(N2C(=O)Cc3cc(N)ccc32)cc1. The molecule has 0 bridgehead atoms. The number of carbonyl (C=O) groups is 1. The van der Waals surface area contributed by atoms with Gasteiger partial charge in [0.05, 0.1) is 12.1 Å². The van der Waals surface area contributed by atoms with Crippen LogP contribution in [0.2, 0.25) is 0 Å². The molecule has 0 atom stereocenters. The number of fused-ring (bicyclic) bond motifs is 1. The van der Waals surface area contributed by atoms with Crippen LogP contribution in [0, 0.1) is 0 Å². The zero-order valence-corrected chi connectivity index (χ0v) is 10.5. The van der Waals surface area contributed by atoms with Gasteiger partial charge in [-0.05, 0) is 41.5 Å². The van der Waals surface area contributed by atoms with Gasteiger partial charge in [0, 0.05) is 17.9 Å². The summed E-state index contributed by atoms with van der Waals surface area (Å²) in [7, 11) is 0. The molecule has 0 saturated heterocycles. The van der Waals surface area contributed by atoms with Gasteiger partial charge in [-0.1, -0.05) is 12.1 Å². The van der Waals surface area contributed by atoms with E-state index in [2.05, 4.69) is 0 Å². The van der Waals surface area contributed by atoms with Crippen molar-refractivity contribution in [2.45, 2.75) is 13.0 Å². The summed E-state index contributed by atoms with van der Waals surface area (Å²) in [6.07, 6.45) is 0.402. The highest BCUT2D eigenvalue weighted by Gasteiger charge is 2.28. The van der Waals surface area contributed by atoms with Crippen LogP contribution < -0.4 is 16.4 Å². The first-order valence-electron chi connectivity index (χ1n) is 6.19. The average Bonchev–Trinajstić information content (AvgIpc) is 2.74. The highest BCUT2D eigenvalue weighted by Crippen LogP contribution is 2.36. The smallest absolute Gasteiger partial charge is 0.236 e. The number of hydrogen-bond acceptors (Lipinski definition) is 3. The van der Waals surface area contributed by atoms with Gasteiger partial charge in [0.25, 0.3) is 0 Å². The van der Waals surface area contributed by atoms with Crippen molar-refractivity contribution >= 4 is 23.0 Å². The van der Waals surface area contributed by atoms with Crippen LogP contribution in [0.4, 0.5) is 17.1 Å². The second-order valence-corrected chi connectivity index (χ2v) is 4.66. The fourth-order valence-corrected chi connectivity index (χ4v) is 2.41. The molecule has 0 saturated carbocycles. The maximum atomic E-state index is 12.2. The Morgan fingerprint density at radius 3 is 2.53 bits per heavy atom. The van der Waals surface area contributed by atoms with Gasteiger partial charge >= 0.3 is 0 Å². The molecule has 4 N–H and O–H groups in total. The van der Waals surface area contributed by atoms with Crippen molar-refractivity contribution in [2.24, 2.45) is 5.73 Å². The number of hydrogen-bond donors (Lipinski definition) is 2. The first-order chi connectivity index (χ1) is 9.19. The molecule has 96 valence electrons. The minimum absolute atomic E-state index is 0.0705. The summed E-state index contributed by atoms with van der Waals surface area (Å²) < 4.78 is 0. The third-order valence-electron chi connectivity index (χ3n) is 3.37. The summed E-state index contributed by atoms with van der Waals surface area (Å²) in [6.45, 7) is 0.501. The normalized spacial score (nSPS) is 13.7. The van der Waals surface area contributed by atoms with Crippen LogP contribution in [-0.2, 0) is 17.8 Å². The number of anilines is 3. The standard InChI is InChI=1S/C15H15N3O/c16-9-10-1-4-13(5-2-10)18-14-6-3-12(17)7-11(14)8-15(18)19/h1-7H,8-9,16-17H2. The predicted molar refractivity (Wildman–Crippen MR) is 76.0 cm³/mol. The van der Waals surface area contributed by atoms with Crippen molar-refractivity contribution in [1.82, 2.24) is 0 Å². The van der Waals surface area contributed by atoms with E-state index in [1.54, 1.807) is 4.90 Å². The number of rotatable bonds is 2. The Balaban J connectivity index is 2.03. The van der Waals surface area contributed by atoms with Crippen LogP contribution in [0.15, 0.2) is 42.5 Å². The highest BCUT2D eigenvalue weighted by molar-refractivity contribution is 6.07. The third kappa shape index (κ3) is 1.96. The summed E-state index contributed by atoms with van der Waals surface area (Å²) in [5.74, 6) is 0.0705. The minimum atomic E-state index is 0.0705. The van der Waals surface area contributed by atoms with Crippen molar-refractivity contribution in [3.63, 3.8) is 0 Å². The number of amides is 1. The van der Waals surface area contributed by atoms with Crippen LogP contribution in [0.25, 0.3) is 0 Å². The van der Waals surface area contributed by atoms with Gasteiger partial charge < -0.3 is 11.5 Å². The van der Waals surface area contributed by atoms with E-state index < -0.39 is 0 Å². The zero-order chi connectivity index (χ0) is 13.4. The number of nitrogens with two attached hydrogens (primary N) is 2. The maximum absolute atomic E-state index is 12.2. The van der Waals surface area contributed by atoms with Crippen LogP contribution in [0.3, 0.4) is 0 Å². The van der Waals surface area contributed by atoms with Gasteiger partial charge in [-0.2, -0.15) is 0 Å². The van der Waals surface area contributed by atoms with Crippen LogP contribution >= 0.6 is 0 Å². The lowest BCUT2D eigenvalue weighted by molar-refractivity contribution is -0.116. The zero-order valence-electron chi connectivity index (χ0n) is 10.5. The fourth-order valence-electron chi connectivity index (χ4n) is 2.41. The van der Waals surface area contributed by atoms with Gasteiger partial charge in [0.1, 0.15) is 0 Å². The van der Waals surface area contributed by atoms with E-state index in [4.69, 9.17) is 11.5 Å². The van der Waals surface area contributed by atoms with Gasteiger partial charge in [-0.3, -0.25) is 9.69 Å². The number of carbonyl (C=O) groups excluding carboxylic acids is 1. The van der Waals surface area contributed by atoms with Crippen molar-refractivity contribution in [1.29, 1.82) is 0 Å². The molecule has 0 unspecified atom stereocenters. The Morgan fingerprint density at radius 1 is 1.11 bits per heavy atom. The lowest BCUT2D eigenvalue weighted by Crippen LogP contribution is -2.20. The highest BCUT2D eigenvalue weighted by atomic mass is 16.2. The Labute approximate surface area is 111 Å². The molecule has 1 heterocycles. The van der Waals surface area contributed by atoms with E-state index in [9.17, 15) is 4.79 Å². The van der Waals surface area contributed by atoms with Gasteiger partial charge in [0.2, 0.25) is 5.91 Å². The van der Waals surface area contributed by atoms with Gasteiger partial charge in [-0.25, -0.2) is 0 Å². The molecule has 0 spiro atoms. The topological polar surface area (TPSA) is 72.3 Å². The molecule has 2 aromatic carbocycles. The van der Waals surface area contributed by atoms with Crippen molar-refractivity contribution in [2.75, 3.05) is 10.6 Å². The Morgan fingerprint density at radius 2 is 1.84 bits per heavy atom. The molecule has 1 aliphatic rings. The monoisotopic (exact) mass is 253 g/mol. The molecule has 19 heavy (non-hydrogen) atoms. The maximum Gasteiger partial charge on any atom is 0.236 e. The molecule has 1 amide bonds. The predicted octanol–water partition coefficient (Wildman–Crippen LogP) is 1.95. The molecule has 2 aromatic rings. The molecule has 0 aromatic heterocycles. The number of benzene rings is 2. The fraction of sp³-hybridized carbons (Fsp3) is 0.133. The van der Waals surface area contributed by atoms with Crippen LogP contribution in [0.1, 0.15) is 11.1 Å². The molecule has 3 rings (SSSR count). The second kappa shape index (κ2) is 4.40. The summed E-state index contributed by atoms with van der Waals surface area (Å²) in [5, 5.41) is 0. The van der Waals surface area contributed by atoms with E-state index in [-0.39, 0.29) is 5.91 Å². The summed E-state index contributed by atoms with van der Waals surface area (Å²) in [4.78, 5) is 13.9. The lowest BCUT2D eigenvalue weighted by atomic mass is 10.1. The quantitative estimate of drug-likeness (QED) is 0.803. The van der Waals surface area contributed by atoms with Crippen molar-refractivity contribution in [3.05, 3.63) is 53.6 Å². The van der Waals surface area contributed by atoms with E-state index in [1.807, 2.05) is 42.5 Å². The molecule has 0 radical (unpaired) electrons. The van der Waals surface area contributed by atoms with E-state index in [1.165, 1.54) is 0 Å². The van der Waals surface area contributed by atoms with E-state index in [0.717, 1.165) is 22.5 Å². The van der Waals surface area contributed by atoms with E-state index in [0.29, 0.717) is 18.7 Å². The molecule has 1 aliphatic heterocycles. The third-order valence-corrected chi connectivity index (χ3v) is 3.37. The van der Waals surface area contributed by atoms with Gasteiger partial charge in [0.15, 0.2) is 0 Å². The van der Waals surface area contributed by atoms with Crippen molar-refractivity contribution in [3.8, 4) is 0 Å². The minimum Gasteiger partial charge on any atom is -0.399 e. The molecule has 0 aliphatic carbocycles. The van der Waals surface area contributed by atoms with Crippen molar-refractivity contribution < 1.29 is 4.79 Å². The molecular weight excluding hydrogens is 238 g/mol. The largest absolute Gasteiger partial charge is 0.399 e. The average molecular weight is 253 g/mol. The first-order valence-corrected chi connectivity index (χ1v) is 6.19. The summed E-state index contributed by atoms with van der Waals surface area (Å²) >= 11 is 0. The second-order valence-electron chi connectivity index (χ2n) is 4.66. The molecule has 4 heteroatoms.